The molecule has 0 atom stereocenters. The minimum absolute atomic E-state index is 0.0621. The number of carbonyl (C=O) groups is 2. The highest BCUT2D eigenvalue weighted by atomic mass is 32.2. The predicted octanol–water partition coefficient (Wildman–Crippen LogP) is 1.98. The molecule has 0 aliphatic rings. The molecule has 1 amide bonds. The summed E-state index contributed by atoms with van der Waals surface area (Å²) in [6.45, 7) is 3.04. The van der Waals surface area contributed by atoms with Gasteiger partial charge in [-0.1, -0.05) is 5.16 Å². The number of Topliss-reactive ketones (excluding diaryl/α,β-unsaturated/α-hetero) is 1. The van der Waals surface area contributed by atoms with Crippen molar-refractivity contribution in [1.29, 1.82) is 0 Å². The first kappa shape index (κ1) is 18.7. The highest BCUT2D eigenvalue weighted by molar-refractivity contribution is 7.92. The van der Waals surface area contributed by atoms with Crippen molar-refractivity contribution in [2.45, 2.75) is 20.3 Å². The van der Waals surface area contributed by atoms with E-state index < -0.39 is 10.0 Å². The number of aromatic nitrogens is 1. The molecule has 0 spiro atoms. The van der Waals surface area contributed by atoms with Crippen LogP contribution in [0.3, 0.4) is 0 Å². The van der Waals surface area contributed by atoms with Crippen LogP contribution in [-0.2, 0) is 14.8 Å². The number of nitrogens with zero attached hydrogens (tertiary/aromatic N) is 2. The molecule has 1 aromatic carbocycles. The number of nitrogens with one attached hydrogen (secondary N) is 1. The van der Waals surface area contributed by atoms with Gasteiger partial charge in [-0.3, -0.25) is 13.9 Å². The topological polar surface area (TPSA) is 110 Å². The zero-order valence-corrected chi connectivity index (χ0v) is 15.0. The maximum Gasteiger partial charge on any atom is 0.233 e. The number of hydrogen-bond acceptors (Lipinski definition) is 6. The Balaban J connectivity index is 2.00. The molecule has 0 aliphatic carbocycles. The van der Waals surface area contributed by atoms with Crippen molar-refractivity contribution < 1.29 is 22.5 Å². The molecule has 0 radical (unpaired) electrons. The number of anilines is 2. The number of ketones is 1. The SMILES string of the molecule is CC(=O)c1ccc(NC(=O)CCN(c2cc(C)on2)S(C)(=O)=O)cc1. The monoisotopic (exact) mass is 365 g/mol. The minimum Gasteiger partial charge on any atom is -0.360 e. The van der Waals surface area contributed by atoms with E-state index >= 15 is 0 Å². The van der Waals surface area contributed by atoms with Crippen LogP contribution in [0.4, 0.5) is 11.5 Å². The molecule has 0 unspecified atom stereocenters. The molecule has 2 rings (SSSR count). The van der Waals surface area contributed by atoms with Gasteiger partial charge in [0.25, 0.3) is 0 Å². The average molecular weight is 365 g/mol. The van der Waals surface area contributed by atoms with Gasteiger partial charge < -0.3 is 9.84 Å². The first-order valence-electron chi connectivity index (χ1n) is 7.48. The smallest absolute Gasteiger partial charge is 0.233 e. The summed E-state index contributed by atoms with van der Waals surface area (Å²) in [6, 6.07) is 7.94. The van der Waals surface area contributed by atoms with Crippen LogP contribution < -0.4 is 9.62 Å². The van der Waals surface area contributed by atoms with Gasteiger partial charge >= 0.3 is 0 Å². The van der Waals surface area contributed by atoms with Gasteiger partial charge in [0.2, 0.25) is 15.9 Å². The molecule has 0 saturated heterocycles. The minimum atomic E-state index is -3.59. The van der Waals surface area contributed by atoms with E-state index in [2.05, 4.69) is 10.5 Å². The summed E-state index contributed by atoms with van der Waals surface area (Å²) in [5, 5.41) is 6.33. The van der Waals surface area contributed by atoms with Crippen LogP contribution in [-0.4, -0.2) is 38.1 Å². The molecule has 9 heteroatoms. The Hall–Kier alpha value is -2.68. The number of amides is 1. The van der Waals surface area contributed by atoms with Gasteiger partial charge in [-0.2, -0.15) is 0 Å². The van der Waals surface area contributed by atoms with Crippen LogP contribution in [0.5, 0.6) is 0 Å². The van der Waals surface area contributed by atoms with Crippen molar-refractivity contribution in [3.8, 4) is 0 Å². The number of carbonyl (C=O) groups excluding carboxylic acids is 2. The molecule has 0 bridgehead atoms. The zero-order valence-electron chi connectivity index (χ0n) is 14.1. The Morgan fingerprint density at radius 2 is 1.88 bits per heavy atom. The Bertz CT molecular complexity index is 871. The lowest BCUT2D eigenvalue weighted by atomic mass is 10.1. The molecule has 134 valence electrons. The Labute approximate surface area is 145 Å². The second kappa shape index (κ2) is 7.47. The van der Waals surface area contributed by atoms with Crippen LogP contribution in [0.15, 0.2) is 34.9 Å². The third kappa shape index (κ3) is 5.15. The lowest BCUT2D eigenvalue weighted by molar-refractivity contribution is -0.116. The molecule has 25 heavy (non-hydrogen) atoms. The summed E-state index contributed by atoms with van der Waals surface area (Å²) >= 11 is 0. The summed E-state index contributed by atoms with van der Waals surface area (Å²) < 4.78 is 29.7. The fourth-order valence-corrected chi connectivity index (χ4v) is 2.98. The van der Waals surface area contributed by atoms with E-state index in [1.807, 2.05) is 0 Å². The number of hydrogen-bond donors (Lipinski definition) is 1. The molecule has 1 heterocycles. The van der Waals surface area contributed by atoms with E-state index in [0.717, 1.165) is 10.6 Å². The van der Waals surface area contributed by atoms with Crippen LogP contribution in [0.1, 0.15) is 29.5 Å². The van der Waals surface area contributed by atoms with E-state index in [4.69, 9.17) is 4.52 Å². The molecule has 0 aliphatic heterocycles. The van der Waals surface area contributed by atoms with Gasteiger partial charge in [0.15, 0.2) is 11.6 Å². The number of benzene rings is 1. The van der Waals surface area contributed by atoms with Crippen LogP contribution in [0, 0.1) is 6.92 Å². The largest absolute Gasteiger partial charge is 0.360 e. The summed E-state index contributed by atoms with van der Waals surface area (Å²) in [6.07, 6.45) is 0.975. The van der Waals surface area contributed by atoms with Crippen molar-refractivity contribution in [2.24, 2.45) is 0 Å². The van der Waals surface area contributed by atoms with E-state index in [-0.39, 0.29) is 30.5 Å². The Morgan fingerprint density at radius 3 is 2.36 bits per heavy atom. The highest BCUT2D eigenvalue weighted by Crippen LogP contribution is 2.17. The van der Waals surface area contributed by atoms with Crippen LogP contribution >= 0.6 is 0 Å². The van der Waals surface area contributed by atoms with Crippen LogP contribution in [0.25, 0.3) is 0 Å². The highest BCUT2D eigenvalue weighted by Gasteiger charge is 2.21. The quantitative estimate of drug-likeness (QED) is 0.751. The molecular weight excluding hydrogens is 346 g/mol. The first-order chi connectivity index (χ1) is 11.7. The predicted molar refractivity (Wildman–Crippen MR) is 93.1 cm³/mol. The fraction of sp³-hybridized carbons (Fsp3) is 0.312. The van der Waals surface area contributed by atoms with Crippen molar-refractivity contribution in [2.75, 3.05) is 22.4 Å². The maximum absolute atomic E-state index is 12.1. The summed E-state index contributed by atoms with van der Waals surface area (Å²) in [4.78, 5) is 23.3. The normalized spacial score (nSPS) is 11.2. The lowest BCUT2D eigenvalue weighted by Crippen LogP contribution is -2.33. The number of aryl methyl sites for hydroxylation is 1. The average Bonchev–Trinajstić information content (AvgIpc) is 2.92. The molecule has 2 aromatic rings. The van der Waals surface area contributed by atoms with Gasteiger partial charge in [-0.15, -0.1) is 0 Å². The molecule has 1 aromatic heterocycles. The van der Waals surface area contributed by atoms with Crippen molar-refractivity contribution in [3.05, 3.63) is 41.7 Å². The van der Waals surface area contributed by atoms with Crippen molar-refractivity contribution in [1.82, 2.24) is 5.16 Å². The molecule has 0 saturated carbocycles. The van der Waals surface area contributed by atoms with Crippen molar-refractivity contribution in [3.63, 3.8) is 0 Å². The van der Waals surface area contributed by atoms with E-state index in [1.165, 1.54) is 13.0 Å². The van der Waals surface area contributed by atoms with E-state index in [0.29, 0.717) is 17.0 Å². The number of rotatable bonds is 7. The molecule has 0 fully saturated rings. The lowest BCUT2D eigenvalue weighted by Gasteiger charge is -2.18. The second-order valence-electron chi connectivity index (χ2n) is 5.56. The van der Waals surface area contributed by atoms with Gasteiger partial charge in [-0.25, -0.2) is 8.42 Å². The summed E-state index contributed by atoms with van der Waals surface area (Å²) in [7, 11) is -3.59. The second-order valence-corrected chi connectivity index (χ2v) is 7.47. The molecular formula is C16H19N3O5S. The fourth-order valence-electron chi connectivity index (χ4n) is 2.14. The molecule has 1 N–H and O–H groups in total. The summed E-state index contributed by atoms with van der Waals surface area (Å²) in [5.41, 5.74) is 1.07. The van der Waals surface area contributed by atoms with Crippen LogP contribution in [0.2, 0.25) is 0 Å². The number of sulfonamides is 1. The maximum atomic E-state index is 12.1. The Kier molecular flexibility index (Phi) is 5.58. The standard InChI is InChI=1S/C16H19N3O5S/c1-11-10-15(18-24-11)19(25(3,22)23)9-8-16(21)17-14-6-4-13(5-7-14)12(2)20/h4-7,10H,8-9H2,1-3H3,(H,17,21). The summed E-state index contributed by atoms with van der Waals surface area (Å²) in [5.74, 6) is 0.186. The first-order valence-corrected chi connectivity index (χ1v) is 9.33. The van der Waals surface area contributed by atoms with Gasteiger partial charge in [0.05, 0.1) is 6.26 Å². The van der Waals surface area contributed by atoms with E-state index in [1.54, 1.807) is 31.2 Å². The Morgan fingerprint density at radius 1 is 1.24 bits per heavy atom. The van der Waals surface area contributed by atoms with Gasteiger partial charge in [0.1, 0.15) is 5.76 Å². The third-order valence-electron chi connectivity index (χ3n) is 3.39. The zero-order chi connectivity index (χ0) is 18.6. The van der Waals surface area contributed by atoms with Gasteiger partial charge in [-0.05, 0) is 38.1 Å². The third-order valence-corrected chi connectivity index (χ3v) is 4.56. The van der Waals surface area contributed by atoms with E-state index in [9.17, 15) is 18.0 Å². The van der Waals surface area contributed by atoms with Gasteiger partial charge in [0, 0.05) is 30.3 Å². The molecule has 8 nitrogen and oxygen atoms in total. The van der Waals surface area contributed by atoms with Crippen molar-refractivity contribution >= 4 is 33.2 Å².